The van der Waals surface area contributed by atoms with Crippen LogP contribution in [0, 0.1) is 5.92 Å². The third kappa shape index (κ3) is 4.90. The number of benzene rings is 1. The first-order valence-corrected chi connectivity index (χ1v) is 9.18. The standard InChI is InChI=1S/C19H26N2OS/c1-13(2)15-5-7-16(8-6-15)18(14(3)4)19(22)20-10-9-17-11-23-12-21-17/h5-8,11-14,18H,9-10H2,1-4H3,(H,20,22). The highest BCUT2D eigenvalue weighted by Gasteiger charge is 2.23. The van der Waals surface area contributed by atoms with Gasteiger partial charge in [-0.15, -0.1) is 11.3 Å². The Kier molecular flexibility index (Phi) is 6.34. The van der Waals surface area contributed by atoms with Crippen molar-refractivity contribution in [3.8, 4) is 0 Å². The number of rotatable bonds is 7. The monoisotopic (exact) mass is 330 g/mol. The summed E-state index contributed by atoms with van der Waals surface area (Å²) in [7, 11) is 0. The van der Waals surface area contributed by atoms with Gasteiger partial charge in [0.05, 0.1) is 17.1 Å². The number of amides is 1. The summed E-state index contributed by atoms with van der Waals surface area (Å²) in [5.41, 5.74) is 5.26. The third-order valence-corrected chi connectivity index (χ3v) is 4.71. The summed E-state index contributed by atoms with van der Waals surface area (Å²) in [6.45, 7) is 9.19. The van der Waals surface area contributed by atoms with Gasteiger partial charge in [0.1, 0.15) is 0 Å². The Morgan fingerprint density at radius 2 is 1.78 bits per heavy atom. The molecular formula is C19H26N2OS. The van der Waals surface area contributed by atoms with Crippen LogP contribution in [0.5, 0.6) is 0 Å². The zero-order valence-corrected chi connectivity index (χ0v) is 15.2. The summed E-state index contributed by atoms with van der Waals surface area (Å²) in [5, 5.41) is 5.09. The van der Waals surface area contributed by atoms with Gasteiger partial charge in [0.25, 0.3) is 0 Å². The molecule has 2 aromatic rings. The average molecular weight is 330 g/mol. The second-order valence-electron chi connectivity index (χ2n) is 6.56. The molecule has 1 N–H and O–H groups in total. The molecule has 1 heterocycles. The number of hydrogen-bond donors (Lipinski definition) is 1. The maximum absolute atomic E-state index is 12.6. The van der Waals surface area contributed by atoms with Crippen LogP contribution in [0.3, 0.4) is 0 Å². The highest BCUT2D eigenvalue weighted by atomic mass is 32.1. The second-order valence-corrected chi connectivity index (χ2v) is 7.28. The van der Waals surface area contributed by atoms with Gasteiger partial charge in [-0.1, -0.05) is 52.0 Å². The van der Waals surface area contributed by atoms with Gasteiger partial charge in [-0.25, -0.2) is 4.98 Å². The fourth-order valence-corrected chi connectivity index (χ4v) is 3.30. The number of nitrogens with one attached hydrogen (secondary N) is 1. The molecule has 1 aromatic heterocycles. The Hall–Kier alpha value is -1.68. The lowest BCUT2D eigenvalue weighted by Gasteiger charge is -2.21. The summed E-state index contributed by atoms with van der Waals surface area (Å²) in [6.07, 6.45) is 0.784. The Morgan fingerprint density at radius 1 is 1.13 bits per heavy atom. The predicted octanol–water partition coefficient (Wildman–Crippen LogP) is 4.37. The summed E-state index contributed by atoms with van der Waals surface area (Å²) in [6, 6.07) is 8.47. The third-order valence-electron chi connectivity index (χ3n) is 4.08. The van der Waals surface area contributed by atoms with E-state index in [1.807, 2.05) is 10.9 Å². The van der Waals surface area contributed by atoms with Crippen molar-refractivity contribution in [2.45, 2.75) is 46.0 Å². The number of nitrogens with zero attached hydrogens (tertiary/aromatic N) is 1. The van der Waals surface area contributed by atoms with E-state index in [0.717, 1.165) is 17.7 Å². The highest BCUT2D eigenvalue weighted by Crippen LogP contribution is 2.26. The van der Waals surface area contributed by atoms with Crippen LogP contribution in [0.2, 0.25) is 0 Å². The number of thiazole rings is 1. The summed E-state index contributed by atoms with van der Waals surface area (Å²) >= 11 is 1.59. The Labute approximate surface area is 143 Å². The van der Waals surface area contributed by atoms with Crippen molar-refractivity contribution >= 4 is 17.2 Å². The van der Waals surface area contributed by atoms with Crippen molar-refractivity contribution in [1.82, 2.24) is 10.3 Å². The molecule has 23 heavy (non-hydrogen) atoms. The van der Waals surface area contributed by atoms with Crippen LogP contribution in [-0.4, -0.2) is 17.4 Å². The van der Waals surface area contributed by atoms with E-state index in [1.54, 1.807) is 11.3 Å². The first-order valence-electron chi connectivity index (χ1n) is 8.23. The maximum atomic E-state index is 12.6. The van der Waals surface area contributed by atoms with Gasteiger partial charge >= 0.3 is 0 Å². The highest BCUT2D eigenvalue weighted by molar-refractivity contribution is 7.07. The molecule has 0 aliphatic carbocycles. The molecular weight excluding hydrogens is 304 g/mol. The van der Waals surface area contributed by atoms with E-state index >= 15 is 0 Å². The minimum atomic E-state index is -0.105. The van der Waals surface area contributed by atoms with Gasteiger partial charge in [-0.05, 0) is 23.0 Å². The molecule has 1 amide bonds. The zero-order chi connectivity index (χ0) is 16.8. The largest absolute Gasteiger partial charge is 0.355 e. The lowest BCUT2D eigenvalue weighted by molar-refractivity contribution is -0.123. The van der Waals surface area contributed by atoms with Crippen LogP contribution in [0.25, 0.3) is 0 Å². The van der Waals surface area contributed by atoms with Crippen molar-refractivity contribution < 1.29 is 4.79 Å². The lowest BCUT2D eigenvalue weighted by Crippen LogP contribution is -2.33. The smallest absolute Gasteiger partial charge is 0.227 e. The van der Waals surface area contributed by atoms with Gasteiger partial charge in [0.2, 0.25) is 5.91 Å². The molecule has 0 bridgehead atoms. The van der Waals surface area contributed by atoms with Crippen LogP contribution in [0.15, 0.2) is 35.2 Å². The molecule has 0 aliphatic heterocycles. The molecule has 0 saturated heterocycles. The Bertz CT molecular complexity index is 603. The molecule has 1 atom stereocenters. The quantitative estimate of drug-likeness (QED) is 0.819. The van der Waals surface area contributed by atoms with Gasteiger partial charge in [-0.2, -0.15) is 0 Å². The minimum Gasteiger partial charge on any atom is -0.355 e. The molecule has 4 heteroatoms. The Morgan fingerprint density at radius 3 is 2.30 bits per heavy atom. The Balaban J connectivity index is 2.00. The fourth-order valence-electron chi connectivity index (χ4n) is 2.71. The van der Waals surface area contributed by atoms with Gasteiger partial charge < -0.3 is 5.32 Å². The molecule has 1 aromatic carbocycles. The number of carbonyl (C=O) groups excluding carboxylic acids is 1. The summed E-state index contributed by atoms with van der Waals surface area (Å²) in [4.78, 5) is 16.8. The van der Waals surface area contributed by atoms with E-state index in [1.165, 1.54) is 5.56 Å². The second kappa shape index (κ2) is 8.25. The minimum absolute atomic E-state index is 0.104. The van der Waals surface area contributed by atoms with Crippen molar-refractivity contribution in [3.63, 3.8) is 0 Å². The molecule has 124 valence electrons. The SMILES string of the molecule is CC(C)c1ccc(C(C(=O)NCCc2cscn2)C(C)C)cc1. The molecule has 0 radical (unpaired) electrons. The average Bonchev–Trinajstić information content (AvgIpc) is 3.01. The van der Waals surface area contributed by atoms with E-state index in [4.69, 9.17) is 0 Å². The van der Waals surface area contributed by atoms with E-state index in [-0.39, 0.29) is 17.7 Å². The maximum Gasteiger partial charge on any atom is 0.227 e. The van der Waals surface area contributed by atoms with Crippen LogP contribution in [-0.2, 0) is 11.2 Å². The van der Waals surface area contributed by atoms with Crippen molar-refractivity contribution in [2.24, 2.45) is 5.92 Å². The van der Waals surface area contributed by atoms with Crippen LogP contribution >= 0.6 is 11.3 Å². The molecule has 1 unspecified atom stereocenters. The number of aromatic nitrogens is 1. The lowest BCUT2D eigenvalue weighted by atomic mass is 9.86. The van der Waals surface area contributed by atoms with Crippen molar-refractivity contribution in [3.05, 3.63) is 52.0 Å². The van der Waals surface area contributed by atoms with Crippen molar-refractivity contribution in [2.75, 3.05) is 6.54 Å². The zero-order valence-electron chi connectivity index (χ0n) is 14.4. The van der Waals surface area contributed by atoms with Gasteiger partial charge in [0.15, 0.2) is 0 Å². The van der Waals surface area contributed by atoms with Crippen LogP contribution < -0.4 is 5.32 Å². The van der Waals surface area contributed by atoms with Crippen LogP contribution in [0.1, 0.15) is 56.4 Å². The topological polar surface area (TPSA) is 42.0 Å². The number of hydrogen-bond acceptors (Lipinski definition) is 3. The summed E-state index contributed by atoms with van der Waals surface area (Å²) in [5.74, 6) is 0.770. The fraction of sp³-hybridized carbons (Fsp3) is 0.474. The normalized spacial score (nSPS) is 12.6. The van der Waals surface area contributed by atoms with E-state index in [0.29, 0.717) is 12.5 Å². The van der Waals surface area contributed by atoms with E-state index in [2.05, 4.69) is 62.3 Å². The van der Waals surface area contributed by atoms with Crippen LogP contribution in [0.4, 0.5) is 0 Å². The molecule has 0 fully saturated rings. The molecule has 2 rings (SSSR count). The van der Waals surface area contributed by atoms with Crippen molar-refractivity contribution in [1.29, 1.82) is 0 Å². The number of carbonyl (C=O) groups is 1. The predicted molar refractivity (Wildman–Crippen MR) is 96.9 cm³/mol. The first kappa shape index (κ1) is 17.7. The van der Waals surface area contributed by atoms with E-state index in [9.17, 15) is 4.79 Å². The molecule has 0 aliphatic rings. The van der Waals surface area contributed by atoms with Gasteiger partial charge in [0, 0.05) is 18.3 Å². The molecule has 3 nitrogen and oxygen atoms in total. The first-order chi connectivity index (χ1) is 11.0. The molecule has 0 saturated carbocycles. The van der Waals surface area contributed by atoms with Gasteiger partial charge in [-0.3, -0.25) is 4.79 Å². The summed E-state index contributed by atoms with van der Waals surface area (Å²) < 4.78 is 0. The molecule has 0 spiro atoms. The van der Waals surface area contributed by atoms with E-state index < -0.39 is 0 Å².